The minimum Gasteiger partial charge on any atom is -0.444 e. The summed E-state index contributed by atoms with van der Waals surface area (Å²) in [6.07, 6.45) is -0.692. The van der Waals surface area contributed by atoms with Gasteiger partial charge in [0.1, 0.15) is 12.1 Å². The summed E-state index contributed by atoms with van der Waals surface area (Å²) >= 11 is 1.31. The predicted octanol–water partition coefficient (Wildman–Crippen LogP) is 2.97. The first-order chi connectivity index (χ1) is 15.8. The fourth-order valence-electron chi connectivity index (χ4n) is 4.15. The largest absolute Gasteiger partial charge is 0.444 e. The monoisotopic (exact) mass is 510 g/mol. The molecule has 1 N–H and O–H groups in total. The molecule has 0 saturated carbocycles. The Morgan fingerprint density at radius 1 is 1.24 bits per heavy atom. The predicted molar refractivity (Wildman–Crippen MR) is 138 cm³/mol. The van der Waals surface area contributed by atoms with Gasteiger partial charge >= 0.3 is 6.09 Å². The van der Waals surface area contributed by atoms with Crippen LogP contribution in [0, 0.1) is 6.92 Å². The Morgan fingerprint density at radius 2 is 1.91 bits per heavy atom. The SMILES string of the molecule is CCN(CC)c1ccc(N2C(=NC(=O)CNC(=O)OC(C)(C)C)SC3CS(=O)(=O)CC32)c(C)c1. The lowest BCUT2D eigenvalue weighted by Gasteiger charge is -2.28. The third kappa shape index (κ3) is 6.24. The minimum absolute atomic E-state index is 0.0191. The van der Waals surface area contributed by atoms with Crippen LogP contribution in [0.3, 0.4) is 0 Å². The third-order valence-electron chi connectivity index (χ3n) is 5.64. The molecular formula is C23H34N4O5S2. The number of aliphatic imine (C=N–C) groups is 1. The van der Waals surface area contributed by atoms with Crippen molar-refractivity contribution in [3.8, 4) is 0 Å². The van der Waals surface area contributed by atoms with Crippen molar-refractivity contribution in [2.75, 3.05) is 40.9 Å². The van der Waals surface area contributed by atoms with Crippen LogP contribution in [0.25, 0.3) is 0 Å². The summed E-state index contributed by atoms with van der Waals surface area (Å²) in [4.78, 5) is 32.8. The number of nitrogens with zero attached hydrogens (tertiary/aromatic N) is 3. The topological polar surface area (TPSA) is 108 Å². The molecule has 1 aromatic rings. The standard InChI is InChI=1S/C23H34N4O5S2/c1-7-26(8-2)16-9-10-17(15(3)11-16)27-18-13-34(30,31)14-19(18)33-21(27)25-20(28)12-24-22(29)32-23(4,5)6/h9-11,18-19H,7-8,12-14H2,1-6H3,(H,24,29). The summed E-state index contributed by atoms with van der Waals surface area (Å²) in [6.45, 7) is 12.8. The Bertz CT molecular complexity index is 1080. The van der Waals surface area contributed by atoms with Gasteiger partial charge in [0.25, 0.3) is 5.91 Å². The van der Waals surface area contributed by atoms with E-state index in [1.165, 1.54) is 11.8 Å². The Kier molecular flexibility index (Phi) is 7.86. The van der Waals surface area contributed by atoms with Gasteiger partial charge < -0.3 is 19.9 Å². The Hall–Kier alpha value is -2.27. The second kappa shape index (κ2) is 10.2. The van der Waals surface area contributed by atoms with Crippen molar-refractivity contribution in [1.29, 1.82) is 0 Å². The normalized spacial score (nSPS) is 22.5. The molecule has 0 aliphatic carbocycles. The Morgan fingerprint density at radius 3 is 2.50 bits per heavy atom. The van der Waals surface area contributed by atoms with Crippen molar-refractivity contribution in [3.05, 3.63) is 23.8 Å². The number of ether oxygens (including phenoxy) is 1. The molecule has 0 spiro atoms. The summed E-state index contributed by atoms with van der Waals surface area (Å²) < 4.78 is 29.8. The first kappa shape index (κ1) is 26.3. The number of anilines is 2. The zero-order valence-corrected chi connectivity index (χ0v) is 22.3. The van der Waals surface area contributed by atoms with Crippen molar-refractivity contribution in [1.82, 2.24) is 5.32 Å². The van der Waals surface area contributed by atoms with Gasteiger partial charge in [-0.05, 0) is 65.3 Å². The van der Waals surface area contributed by atoms with Crippen molar-refractivity contribution in [2.24, 2.45) is 4.99 Å². The number of nitrogens with one attached hydrogen (secondary N) is 1. The zero-order chi connectivity index (χ0) is 25.3. The average Bonchev–Trinajstić information content (AvgIpc) is 3.17. The van der Waals surface area contributed by atoms with Gasteiger partial charge in [-0.15, -0.1) is 0 Å². The lowest BCUT2D eigenvalue weighted by Crippen LogP contribution is -2.39. The average molecular weight is 511 g/mol. The van der Waals surface area contributed by atoms with Gasteiger partial charge in [-0.3, -0.25) is 4.79 Å². The summed E-state index contributed by atoms with van der Waals surface area (Å²) in [5.74, 6) is -0.456. The molecule has 2 heterocycles. The summed E-state index contributed by atoms with van der Waals surface area (Å²) in [6, 6.07) is 5.77. The van der Waals surface area contributed by atoms with E-state index in [0.29, 0.717) is 5.17 Å². The maximum absolute atomic E-state index is 12.6. The number of carbonyl (C=O) groups is 2. The van der Waals surface area contributed by atoms with Gasteiger partial charge in [0.05, 0.1) is 17.5 Å². The molecule has 1 aromatic carbocycles. The van der Waals surface area contributed by atoms with Crippen molar-refractivity contribution < 1.29 is 22.7 Å². The molecule has 2 amide bonds. The number of rotatable bonds is 6. The van der Waals surface area contributed by atoms with Crippen LogP contribution in [0.15, 0.2) is 23.2 Å². The van der Waals surface area contributed by atoms with Crippen LogP contribution < -0.4 is 15.1 Å². The van der Waals surface area contributed by atoms with Crippen molar-refractivity contribution in [3.63, 3.8) is 0 Å². The number of fused-ring (bicyclic) bond motifs is 1. The van der Waals surface area contributed by atoms with Crippen molar-refractivity contribution >= 4 is 50.1 Å². The quantitative estimate of drug-likeness (QED) is 0.622. The van der Waals surface area contributed by atoms with E-state index in [0.717, 1.165) is 30.0 Å². The molecule has 2 atom stereocenters. The van der Waals surface area contributed by atoms with Gasteiger partial charge in [0.15, 0.2) is 15.0 Å². The van der Waals surface area contributed by atoms with Crippen LogP contribution in [0.4, 0.5) is 16.2 Å². The number of amidine groups is 1. The molecule has 2 saturated heterocycles. The number of benzene rings is 1. The molecule has 9 nitrogen and oxygen atoms in total. The van der Waals surface area contributed by atoms with Crippen molar-refractivity contribution in [2.45, 2.75) is 58.4 Å². The highest BCUT2D eigenvalue weighted by Gasteiger charge is 2.49. The Labute approximate surface area is 206 Å². The van der Waals surface area contributed by atoms with Gasteiger partial charge in [-0.2, -0.15) is 4.99 Å². The lowest BCUT2D eigenvalue weighted by molar-refractivity contribution is -0.117. The summed E-state index contributed by atoms with van der Waals surface area (Å²) in [7, 11) is -3.16. The van der Waals surface area contributed by atoms with E-state index in [9.17, 15) is 18.0 Å². The molecule has 2 unspecified atom stereocenters. The summed E-state index contributed by atoms with van der Waals surface area (Å²) in [5, 5.41) is 2.69. The number of alkyl carbamates (subject to hydrolysis) is 1. The number of carbonyl (C=O) groups excluding carboxylic acids is 2. The van der Waals surface area contributed by atoms with E-state index in [1.807, 2.05) is 24.0 Å². The fourth-order valence-corrected chi connectivity index (χ4v) is 8.07. The van der Waals surface area contributed by atoms with Crippen LogP contribution in [0.1, 0.15) is 40.2 Å². The zero-order valence-electron chi connectivity index (χ0n) is 20.6. The van der Waals surface area contributed by atoms with Crippen LogP contribution >= 0.6 is 11.8 Å². The highest BCUT2D eigenvalue weighted by molar-refractivity contribution is 8.16. The van der Waals surface area contributed by atoms with Gasteiger partial charge in [0, 0.05) is 29.7 Å². The van der Waals surface area contributed by atoms with E-state index >= 15 is 0 Å². The number of amides is 2. The molecule has 34 heavy (non-hydrogen) atoms. The van der Waals surface area contributed by atoms with Crippen LogP contribution in [-0.2, 0) is 19.4 Å². The summed E-state index contributed by atoms with van der Waals surface area (Å²) in [5.41, 5.74) is 2.22. The number of thioether (sulfide) groups is 1. The highest BCUT2D eigenvalue weighted by atomic mass is 32.2. The smallest absolute Gasteiger partial charge is 0.408 e. The Balaban J connectivity index is 1.86. The maximum atomic E-state index is 12.6. The second-order valence-corrected chi connectivity index (χ2v) is 12.8. The number of hydrogen-bond acceptors (Lipinski definition) is 7. The number of aryl methyl sites for hydroxylation is 1. The van der Waals surface area contributed by atoms with Gasteiger partial charge in [0.2, 0.25) is 0 Å². The van der Waals surface area contributed by atoms with Crippen LogP contribution in [0.5, 0.6) is 0 Å². The van der Waals surface area contributed by atoms with E-state index in [4.69, 9.17) is 4.74 Å². The molecule has 2 aliphatic heterocycles. The number of hydrogen-bond donors (Lipinski definition) is 1. The fraction of sp³-hybridized carbons (Fsp3) is 0.609. The van der Waals surface area contributed by atoms with Crippen LogP contribution in [0.2, 0.25) is 0 Å². The lowest BCUT2D eigenvalue weighted by atomic mass is 10.1. The maximum Gasteiger partial charge on any atom is 0.408 e. The number of sulfone groups is 1. The second-order valence-electron chi connectivity index (χ2n) is 9.46. The van der Waals surface area contributed by atoms with Gasteiger partial charge in [-0.1, -0.05) is 11.8 Å². The first-order valence-corrected chi connectivity index (χ1v) is 14.1. The molecular weight excluding hydrogens is 476 g/mol. The first-order valence-electron chi connectivity index (χ1n) is 11.4. The molecule has 0 aromatic heterocycles. The molecule has 2 fully saturated rings. The highest BCUT2D eigenvalue weighted by Crippen LogP contribution is 2.42. The van der Waals surface area contributed by atoms with E-state index in [1.54, 1.807) is 20.8 Å². The molecule has 0 bridgehead atoms. The molecule has 2 aliphatic rings. The molecule has 0 radical (unpaired) electrons. The molecule has 11 heteroatoms. The van der Waals surface area contributed by atoms with E-state index in [-0.39, 0.29) is 29.3 Å². The minimum atomic E-state index is -3.16. The molecule has 188 valence electrons. The van der Waals surface area contributed by atoms with E-state index in [2.05, 4.69) is 35.1 Å². The molecule has 3 rings (SSSR count). The van der Waals surface area contributed by atoms with E-state index < -0.39 is 27.4 Å². The third-order valence-corrected chi connectivity index (χ3v) is 8.85. The van der Waals surface area contributed by atoms with Crippen LogP contribution in [-0.4, -0.2) is 73.6 Å². The van der Waals surface area contributed by atoms with Gasteiger partial charge in [-0.25, -0.2) is 13.2 Å².